The van der Waals surface area contributed by atoms with Crippen molar-refractivity contribution >= 4 is 11.9 Å². The van der Waals surface area contributed by atoms with E-state index in [0.717, 1.165) is 83.5 Å². The van der Waals surface area contributed by atoms with Crippen molar-refractivity contribution in [3.8, 4) is 0 Å². The molecule has 0 amide bonds. The number of hydrogen-bond donors (Lipinski definition) is 2. The van der Waals surface area contributed by atoms with Crippen molar-refractivity contribution in [3.05, 3.63) is 36.5 Å². The third-order valence-electron chi connectivity index (χ3n) is 7.70. The van der Waals surface area contributed by atoms with E-state index < -0.39 is 11.9 Å². The van der Waals surface area contributed by atoms with Crippen molar-refractivity contribution in [2.24, 2.45) is 5.92 Å². The average Bonchev–Trinajstić information content (AvgIpc) is 2.93. The molecule has 1 atom stereocenters. The highest BCUT2D eigenvalue weighted by Gasteiger charge is 2.16. The fourth-order valence-corrected chi connectivity index (χ4v) is 5.08. The number of rotatable bonds is 31. The Morgan fingerprint density at radius 1 is 0.500 bits per heavy atom. The van der Waals surface area contributed by atoms with Gasteiger partial charge in [0.1, 0.15) is 0 Å². The lowest BCUT2D eigenvalue weighted by Crippen LogP contribution is -2.13. The van der Waals surface area contributed by atoms with Crippen LogP contribution in [0.5, 0.6) is 0 Å². The Labute approximate surface area is 247 Å². The van der Waals surface area contributed by atoms with Crippen LogP contribution in [0.1, 0.15) is 174 Å². The van der Waals surface area contributed by atoms with E-state index in [0.29, 0.717) is 6.42 Å². The van der Waals surface area contributed by atoms with E-state index >= 15 is 0 Å². The van der Waals surface area contributed by atoms with Crippen molar-refractivity contribution < 1.29 is 19.8 Å². The van der Waals surface area contributed by atoms with Crippen LogP contribution in [0.3, 0.4) is 0 Å². The Balaban J connectivity index is 3.56. The number of carboxylic acid groups (broad SMARTS) is 2. The minimum atomic E-state index is -0.688. The summed E-state index contributed by atoms with van der Waals surface area (Å²) in [4.78, 5) is 22.1. The lowest BCUT2D eigenvalue weighted by atomic mass is 9.94. The third kappa shape index (κ3) is 30.7. The highest BCUT2D eigenvalue weighted by atomic mass is 16.4. The Morgan fingerprint density at radius 3 is 1.32 bits per heavy atom. The van der Waals surface area contributed by atoms with Gasteiger partial charge in [-0.2, -0.15) is 0 Å². The van der Waals surface area contributed by atoms with Crippen molar-refractivity contribution in [1.82, 2.24) is 0 Å². The van der Waals surface area contributed by atoms with Crippen LogP contribution >= 0.6 is 0 Å². The van der Waals surface area contributed by atoms with Gasteiger partial charge in [-0.15, -0.1) is 0 Å². The summed E-state index contributed by atoms with van der Waals surface area (Å²) in [5.74, 6) is -1.46. The van der Waals surface area contributed by atoms with E-state index in [1.54, 1.807) is 0 Å². The van der Waals surface area contributed by atoms with Gasteiger partial charge in [0.05, 0.1) is 5.92 Å². The molecule has 0 saturated carbocycles. The molecule has 0 aromatic rings. The van der Waals surface area contributed by atoms with E-state index in [1.165, 1.54) is 77.0 Å². The molecule has 0 aliphatic carbocycles. The van der Waals surface area contributed by atoms with E-state index in [2.05, 4.69) is 43.4 Å². The summed E-state index contributed by atoms with van der Waals surface area (Å²) >= 11 is 0. The summed E-state index contributed by atoms with van der Waals surface area (Å²) in [6, 6.07) is 0. The van der Waals surface area contributed by atoms with Crippen LogP contribution in [-0.4, -0.2) is 22.2 Å². The van der Waals surface area contributed by atoms with Crippen LogP contribution in [0.25, 0.3) is 0 Å². The third-order valence-corrected chi connectivity index (χ3v) is 7.70. The second-order valence-electron chi connectivity index (χ2n) is 11.6. The number of carbonyl (C=O) groups is 2. The van der Waals surface area contributed by atoms with E-state index in [-0.39, 0.29) is 5.92 Å². The first-order valence-corrected chi connectivity index (χ1v) is 17.0. The molecule has 0 aliphatic rings. The van der Waals surface area contributed by atoms with Gasteiger partial charge in [-0.3, -0.25) is 9.59 Å². The fourth-order valence-electron chi connectivity index (χ4n) is 5.08. The Bertz CT molecular complexity index is 649. The molecule has 0 radical (unpaired) electrons. The topological polar surface area (TPSA) is 74.6 Å². The summed E-state index contributed by atoms with van der Waals surface area (Å²) in [5, 5.41) is 18.2. The van der Waals surface area contributed by atoms with Crippen LogP contribution in [0.15, 0.2) is 36.5 Å². The average molecular weight is 561 g/mol. The number of unbranched alkanes of at least 4 members (excludes halogenated alkanes) is 18. The van der Waals surface area contributed by atoms with Gasteiger partial charge < -0.3 is 10.2 Å². The first-order chi connectivity index (χ1) is 19.6. The zero-order valence-electron chi connectivity index (χ0n) is 26.1. The van der Waals surface area contributed by atoms with Crippen LogP contribution < -0.4 is 0 Å². The molecule has 4 heteroatoms. The Hall–Kier alpha value is -1.84. The zero-order chi connectivity index (χ0) is 29.4. The molecule has 0 aliphatic heterocycles. The maximum Gasteiger partial charge on any atom is 0.306 e. The van der Waals surface area contributed by atoms with Gasteiger partial charge in [-0.1, -0.05) is 127 Å². The summed E-state index contributed by atoms with van der Waals surface area (Å²) in [7, 11) is 0. The minimum Gasteiger partial charge on any atom is -0.481 e. The van der Waals surface area contributed by atoms with Gasteiger partial charge in [-0.25, -0.2) is 0 Å². The second kappa shape index (κ2) is 31.7. The molecule has 40 heavy (non-hydrogen) atoms. The van der Waals surface area contributed by atoms with Gasteiger partial charge in [0.15, 0.2) is 0 Å². The highest BCUT2D eigenvalue weighted by molar-refractivity contribution is 5.69. The highest BCUT2D eigenvalue weighted by Crippen LogP contribution is 2.19. The monoisotopic (exact) mass is 560 g/mol. The standard InChI is InChI=1S/C36H64O4/c1-2-3-4-5-6-7-8-9-13-16-19-22-25-28-31-34(36(39)40)32-29-26-23-20-17-14-11-10-12-15-18-21-24-27-30-33-35(37)38/h9-10,12-14,17,34H,2-8,11,15-16,18-33H2,1H3,(H,37,38)(H,39,40)/b12-10-,13-9-,17-14-. The smallest absolute Gasteiger partial charge is 0.306 e. The summed E-state index contributed by atoms with van der Waals surface area (Å²) in [6.45, 7) is 2.26. The maximum atomic E-state index is 11.6. The number of carboxylic acids is 2. The van der Waals surface area contributed by atoms with Gasteiger partial charge in [-0.05, 0) is 77.0 Å². The van der Waals surface area contributed by atoms with Crippen molar-refractivity contribution in [2.45, 2.75) is 174 Å². The quantitative estimate of drug-likeness (QED) is 0.0653. The SMILES string of the molecule is CCCCCCCC/C=C\CCCCCCC(CCCCC/C=C\C/C=C\CCCCCCCC(=O)O)C(=O)O. The summed E-state index contributed by atoms with van der Waals surface area (Å²) in [6.07, 6.45) is 42.6. The van der Waals surface area contributed by atoms with Crippen LogP contribution in [0.2, 0.25) is 0 Å². The molecular formula is C36H64O4. The van der Waals surface area contributed by atoms with Crippen LogP contribution in [0.4, 0.5) is 0 Å². The Kier molecular flexibility index (Phi) is 30.2. The molecule has 4 nitrogen and oxygen atoms in total. The minimum absolute atomic E-state index is 0.164. The molecule has 0 fully saturated rings. The van der Waals surface area contributed by atoms with Gasteiger partial charge in [0.2, 0.25) is 0 Å². The molecule has 0 bridgehead atoms. The molecule has 0 aromatic heterocycles. The predicted molar refractivity (Wildman–Crippen MR) is 172 cm³/mol. The molecule has 232 valence electrons. The Morgan fingerprint density at radius 2 is 0.875 bits per heavy atom. The molecule has 0 aromatic carbocycles. The maximum absolute atomic E-state index is 11.6. The molecule has 1 unspecified atom stereocenters. The normalized spacial score (nSPS) is 12.7. The number of hydrogen-bond acceptors (Lipinski definition) is 2. The lowest BCUT2D eigenvalue weighted by Gasteiger charge is -2.11. The van der Waals surface area contributed by atoms with Crippen molar-refractivity contribution in [2.75, 3.05) is 0 Å². The van der Waals surface area contributed by atoms with Crippen molar-refractivity contribution in [3.63, 3.8) is 0 Å². The van der Waals surface area contributed by atoms with Crippen LogP contribution in [-0.2, 0) is 9.59 Å². The van der Waals surface area contributed by atoms with E-state index in [9.17, 15) is 14.7 Å². The largest absolute Gasteiger partial charge is 0.481 e. The van der Waals surface area contributed by atoms with Crippen molar-refractivity contribution in [1.29, 1.82) is 0 Å². The fraction of sp³-hybridized carbons (Fsp3) is 0.778. The predicted octanol–water partition coefficient (Wildman–Crippen LogP) is 11.6. The number of allylic oxidation sites excluding steroid dienone is 6. The first-order valence-electron chi connectivity index (χ1n) is 17.0. The molecule has 2 N–H and O–H groups in total. The molecular weight excluding hydrogens is 496 g/mol. The molecule has 0 saturated heterocycles. The van der Waals surface area contributed by atoms with E-state index in [4.69, 9.17) is 5.11 Å². The van der Waals surface area contributed by atoms with Crippen LogP contribution in [0, 0.1) is 5.92 Å². The zero-order valence-corrected chi connectivity index (χ0v) is 26.1. The lowest BCUT2D eigenvalue weighted by molar-refractivity contribution is -0.142. The molecule has 0 spiro atoms. The molecule has 0 rings (SSSR count). The first kappa shape index (κ1) is 38.2. The van der Waals surface area contributed by atoms with Gasteiger partial charge in [0, 0.05) is 6.42 Å². The molecule has 0 heterocycles. The number of aliphatic carboxylic acids is 2. The van der Waals surface area contributed by atoms with Gasteiger partial charge in [0.25, 0.3) is 0 Å². The van der Waals surface area contributed by atoms with Gasteiger partial charge >= 0.3 is 11.9 Å². The summed E-state index contributed by atoms with van der Waals surface area (Å²) in [5.41, 5.74) is 0. The summed E-state index contributed by atoms with van der Waals surface area (Å²) < 4.78 is 0. The van der Waals surface area contributed by atoms with E-state index in [1.807, 2.05) is 0 Å². The second-order valence-corrected chi connectivity index (χ2v) is 11.6.